The maximum atomic E-state index is 12.6. The van der Waals surface area contributed by atoms with Gasteiger partial charge in [-0.25, -0.2) is 9.59 Å². The van der Waals surface area contributed by atoms with Crippen LogP contribution in [0, 0.1) is 17.8 Å². The van der Waals surface area contributed by atoms with Gasteiger partial charge in [0.15, 0.2) is 0 Å². The molecule has 34 heavy (non-hydrogen) atoms. The van der Waals surface area contributed by atoms with Gasteiger partial charge in [-0.15, -0.1) is 0 Å². The lowest BCUT2D eigenvalue weighted by Gasteiger charge is -2.40. The maximum absolute atomic E-state index is 12.6. The highest BCUT2D eigenvalue weighted by molar-refractivity contribution is 5.85. The molecule has 0 saturated heterocycles. The Morgan fingerprint density at radius 1 is 1.00 bits per heavy atom. The zero-order chi connectivity index (χ0) is 23.8. The van der Waals surface area contributed by atoms with Gasteiger partial charge >= 0.3 is 12.1 Å². The summed E-state index contributed by atoms with van der Waals surface area (Å²) in [4.78, 5) is 36.4. The molecule has 2 fully saturated rings. The molecule has 0 aromatic heterocycles. The number of rotatable bonds is 7. The largest absolute Gasteiger partial charge is 0.480 e. The summed E-state index contributed by atoms with van der Waals surface area (Å²) in [7, 11) is 0. The molecule has 3 N–H and O–H groups in total. The van der Waals surface area contributed by atoms with E-state index in [9.17, 15) is 19.5 Å². The molecule has 7 heteroatoms. The van der Waals surface area contributed by atoms with Crippen LogP contribution in [0.4, 0.5) is 4.79 Å². The van der Waals surface area contributed by atoms with Crippen molar-refractivity contribution in [3.05, 3.63) is 59.7 Å². The summed E-state index contributed by atoms with van der Waals surface area (Å²) >= 11 is 0. The number of carboxylic acid groups (broad SMARTS) is 1. The third-order valence-corrected chi connectivity index (χ3v) is 7.86. The van der Waals surface area contributed by atoms with Crippen molar-refractivity contribution in [2.45, 2.75) is 50.6 Å². The zero-order valence-electron chi connectivity index (χ0n) is 19.2. The van der Waals surface area contributed by atoms with E-state index in [0.29, 0.717) is 18.8 Å². The van der Waals surface area contributed by atoms with Crippen molar-refractivity contribution >= 4 is 18.0 Å². The van der Waals surface area contributed by atoms with Crippen molar-refractivity contribution < 1.29 is 24.2 Å². The van der Waals surface area contributed by atoms with E-state index in [0.717, 1.165) is 12.8 Å². The molecule has 2 aromatic rings. The number of carbonyl (C=O) groups excluding carboxylic acids is 2. The lowest BCUT2D eigenvalue weighted by molar-refractivity contribution is -0.142. The minimum atomic E-state index is -1.01. The molecule has 0 aliphatic heterocycles. The fraction of sp³-hybridized carbons (Fsp3) is 0.444. The quantitative estimate of drug-likeness (QED) is 0.579. The first-order chi connectivity index (χ1) is 16.5. The Morgan fingerprint density at radius 2 is 1.65 bits per heavy atom. The molecule has 2 saturated carbocycles. The van der Waals surface area contributed by atoms with E-state index in [2.05, 4.69) is 34.9 Å². The summed E-state index contributed by atoms with van der Waals surface area (Å²) in [5, 5.41) is 14.8. The molecule has 5 atom stereocenters. The van der Waals surface area contributed by atoms with E-state index in [4.69, 9.17) is 4.74 Å². The number of fused-ring (bicyclic) bond motifs is 4. The van der Waals surface area contributed by atoms with Gasteiger partial charge in [0, 0.05) is 17.9 Å². The molecule has 0 spiro atoms. The smallest absolute Gasteiger partial charge is 0.407 e. The Balaban J connectivity index is 1.14. The fourth-order valence-electron chi connectivity index (χ4n) is 6.03. The SMILES string of the molecule is CCC(NC(=O)C1C[C@@H]2C[C@H](NC(=O)OCC3c4ccccc4-c4ccccc43)[C@@H]2C1)C(=O)O. The number of alkyl carbamates (subject to hydrolysis) is 1. The van der Waals surface area contributed by atoms with Crippen molar-refractivity contribution in [3.8, 4) is 11.1 Å². The number of ether oxygens (including phenoxy) is 1. The summed E-state index contributed by atoms with van der Waals surface area (Å²) in [6.07, 6.45) is 2.17. The van der Waals surface area contributed by atoms with Gasteiger partial charge in [-0.2, -0.15) is 0 Å². The van der Waals surface area contributed by atoms with Crippen LogP contribution in [0.2, 0.25) is 0 Å². The number of amides is 2. The van der Waals surface area contributed by atoms with Crippen LogP contribution in [-0.4, -0.2) is 41.8 Å². The Labute approximate surface area is 198 Å². The van der Waals surface area contributed by atoms with Gasteiger partial charge in [-0.3, -0.25) is 4.79 Å². The van der Waals surface area contributed by atoms with E-state index < -0.39 is 18.1 Å². The number of hydrogen-bond donors (Lipinski definition) is 3. The average molecular weight is 463 g/mol. The number of benzene rings is 2. The fourth-order valence-corrected chi connectivity index (χ4v) is 6.03. The topological polar surface area (TPSA) is 105 Å². The minimum Gasteiger partial charge on any atom is -0.480 e. The van der Waals surface area contributed by atoms with Crippen LogP contribution in [0.15, 0.2) is 48.5 Å². The summed E-state index contributed by atoms with van der Waals surface area (Å²) in [5.74, 6) is -0.749. The molecule has 0 bridgehead atoms. The number of nitrogens with one attached hydrogen (secondary N) is 2. The van der Waals surface area contributed by atoms with Gasteiger partial charge in [-0.05, 0) is 59.8 Å². The summed E-state index contributed by atoms with van der Waals surface area (Å²) in [5.41, 5.74) is 4.74. The van der Waals surface area contributed by atoms with Gasteiger partial charge in [-0.1, -0.05) is 55.5 Å². The highest BCUT2D eigenvalue weighted by atomic mass is 16.5. The Morgan fingerprint density at radius 3 is 2.26 bits per heavy atom. The standard InChI is InChI=1S/C27H30N2O5/c1-2-23(26(31)32)28-25(30)16-11-15-13-24(21(15)12-16)29-27(33)34-14-22-19-9-5-3-7-17(19)18-8-4-6-10-20(18)22/h3-10,15-16,21-24H,2,11-14H2,1H3,(H,28,30)(H,29,33)(H,31,32)/t15-,16?,21-,23?,24+/m1/s1. The molecule has 7 nitrogen and oxygen atoms in total. The van der Waals surface area contributed by atoms with Crippen LogP contribution >= 0.6 is 0 Å². The minimum absolute atomic E-state index is 0.0000959. The highest BCUT2D eigenvalue weighted by Crippen LogP contribution is 2.50. The first kappa shape index (κ1) is 22.4. The van der Waals surface area contributed by atoms with Gasteiger partial charge in [0.2, 0.25) is 5.91 Å². The lowest BCUT2D eigenvalue weighted by Crippen LogP contribution is -2.50. The second kappa shape index (κ2) is 9.12. The van der Waals surface area contributed by atoms with Crippen molar-refractivity contribution in [3.63, 3.8) is 0 Å². The Bertz CT molecular complexity index is 1070. The zero-order valence-corrected chi connectivity index (χ0v) is 19.2. The number of carbonyl (C=O) groups is 3. The Hall–Kier alpha value is -3.35. The number of carboxylic acids is 1. The molecule has 2 amide bonds. The van der Waals surface area contributed by atoms with E-state index in [1.807, 2.05) is 24.3 Å². The second-order valence-electron chi connectivity index (χ2n) is 9.71. The van der Waals surface area contributed by atoms with Gasteiger partial charge in [0.25, 0.3) is 0 Å². The van der Waals surface area contributed by atoms with Crippen LogP contribution in [0.25, 0.3) is 11.1 Å². The van der Waals surface area contributed by atoms with E-state index in [1.54, 1.807) is 6.92 Å². The Kier molecular flexibility index (Phi) is 6.02. The van der Waals surface area contributed by atoms with Crippen molar-refractivity contribution in [2.75, 3.05) is 6.61 Å². The second-order valence-corrected chi connectivity index (χ2v) is 9.71. The number of aliphatic carboxylic acids is 1. The molecular formula is C27H30N2O5. The predicted molar refractivity (Wildman–Crippen MR) is 126 cm³/mol. The molecule has 0 heterocycles. The van der Waals surface area contributed by atoms with Crippen molar-refractivity contribution in [2.24, 2.45) is 17.8 Å². The van der Waals surface area contributed by atoms with Crippen molar-refractivity contribution in [1.29, 1.82) is 0 Å². The monoisotopic (exact) mass is 462 g/mol. The van der Waals surface area contributed by atoms with Crippen LogP contribution in [-0.2, 0) is 14.3 Å². The molecular weight excluding hydrogens is 432 g/mol. The van der Waals surface area contributed by atoms with E-state index in [-0.39, 0.29) is 36.3 Å². The molecule has 5 rings (SSSR count). The van der Waals surface area contributed by atoms with E-state index >= 15 is 0 Å². The molecule has 2 aromatic carbocycles. The number of hydrogen-bond acceptors (Lipinski definition) is 4. The predicted octanol–water partition coefficient (Wildman–Crippen LogP) is 3.92. The van der Waals surface area contributed by atoms with Crippen LogP contribution < -0.4 is 10.6 Å². The summed E-state index contributed by atoms with van der Waals surface area (Å²) in [6.45, 7) is 2.02. The lowest BCUT2D eigenvalue weighted by atomic mass is 9.71. The molecule has 0 radical (unpaired) electrons. The van der Waals surface area contributed by atoms with Gasteiger partial charge in [0.05, 0.1) is 0 Å². The van der Waals surface area contributed by atoms with Crippen LogP contribution in [0.3, 0.4) is 0 Å². The third-order valence-electron chi connectivity index (χ3n) is 7.86. The third kappa shape index (κ3) is 4.04. The first-order valence-corrected chi connectivity index (χ1v) is 12.1. The normalized spacial score (nSPS) is 25.3. The van der Waals surface area contributed by atoms with Gasteiger partial charge < -0.3 is 20.5 Å². The molecule has 178 valence electrons. The van der Waals surface area contributed by atoms with Crippen LogP contribution in [0.1, 0.15) is 49.7 Å². The molecule has 3 aliphatic carbocycles. The maximum Gasteiger partial charge on any atom is 0.407 e. The van der Waals surface area contributed by atoms with Crippen molar-refractivity contribution in [1.82, 2.24) is 10.6 Å². The van der Waals surface area contributed by atoms with E-state index in [1.165, 1.54) is 22.3 Å². The molecule has 2 unspecified atom stereocenters. The molecule has 3 aliphatic rings. The average Bonchev–Trinajstić information content (AvgIpc) is 3.34. The van der Waals surface area contributed by atoms with Crippen LogP contribution in [0.5, 0.6) is 0 Å². The summed E-state index contributed by atoms with van der Waals surface area (Å²) in [6, 6.07) is 15.6. The van der Waals surface area contributed by atoms with Gasteiger partial charge in [0.1, 0.15) is 12.6 Å². The first-order valence-electron chi connectivity index (χ1n) is 12.1. The summed E-state index contributed by atoms with van der Waals surface area (Å²) < 4.78 is 5.67. The highest BCUT2D eigenvalue weighted by Gasteiger charge is 2.50.